The summed E-state index contributed by atoms with van der Waals surface area (Å²) < 4.78 is 5.61. The van der Waals surface area contributed by atoms with E-state index >= 15 is 0 Å². The Kier molecular flexibility index (Phi) is 10.9. The van der Waals surface area contributed by atoms with Crippen molar-refractivity contribution in [3.8, 4) is 5.75 Å². The van der Waals surface area contributed by atoms with E-state index in [4.69, 9.17) is 9.84 Å². The Morgan fingerprint density at radius 1 is 1.06 bits per heavy atom. The zero-order valence-corrected chi connectivity index (χ0v) is 22.7. The van der Waals surface area contributed by atoms with Crippen LogP contribution in [-0.4, -0.2) is 39.1 Å². The Hall–Kier alpha value is -2.94. The Morgan fingerprint density at radius 2 is 1.67 bits per heavy atom. The highest BCUT2D eigenvalue weighted by atomic mass is 32.1. The minimum atomic E-state index is -0.930. The number of ether oxygens (including phenoxy) is 1. The molecule has 36 heavy (non-hydrogen) atoms. The van der Waals surface area contributed by atoms with Gasteiger partial charge in [-0.1, -0.05) is 34.6 Å². The predicted molar refractivity (Wildman–Crippen MR) is 140 cm³/mol. The first-order valence-corrected chi connectivity index (χ1v) is 13.2. The topological polar surface area (TPSA) is 128 Å². The molecular weight excluding hydrogens is 480 g/mol. The summed E-state index contributed by atoms with van der Waals surface area (Å²) in [6, 6.07) is 6.51. The van der Waals surface area contributed by atoms with Crippen molar-refractivity contribution in [2.24, 2.45) is 23.7 Å². The Balaban J connectivity index is 2.21. The van der Waals surface area contributed by atoms with Gasteiger partial charge in [-0.05, 0) is 54.7 Å². The molecule has 0 saturated heterocycles. The van der Waals surface area contributed by atoms with E-state index in [1.54, 1.807) is 36.6 Å². The summed E-state index contributed by atoms with van der Waals surface area (Å²) in [4.78, 5) is 40.9. The molecule has 0 aliphatic carbocycles. The van der Waals surface area contributed by atoms with Crippen molar-refractivity contribution in [2.75, 3.05) is 0 Å². The zero-order chi connectivity index (χ0) is 27.0. The van der Waals surface area contributed by atoms with Crippen molar-refractivity contribution in [1.82, 2.24) is 10.3 Å². The van der Waals surface area contributed by atoms with E-state index in [-0.39, 0.29) is 12.1 Å². The number of aliphatic carboxylic acids is 1. The largest absolute Gasteiger partial charge is 0.593 e. The molecule has 1 aromatic carbocycles. The van der Waals surface area contributed by atoms with Crippen molar-refractivity contribution in [2.45, 2.75) is 73.0 Å². The van der Waals surface area contributed by atoms with Gasteiger partial charge in [0.05, 0.1) is 5.92 Å². The number of benzene rings is 1. The summed E-state index contributed by atoms with van der Waals surface area (Å²) in [6.07, 6.45) is 0.770. The summed E-state index contributed by atoms with van der Waals surface area (Å²) in [5, 5.41) is 22.2. The van der Waals surface area contributed by atoms with Crippen molar-refractivity contribution in [3.63, 3.8) is 0 Å². The highest BCUT2D eigenvalue weighted by molar-refractivity contribution is 7.09. The Bertz CT molecular complexity index is 1010. The fraction of sp³-hybridized carbons (Fsp3) is 0.556. The molecule has 2 aromatic rings. The first-order valence-electron chi connectivity index (χ1n) is 12.3. The lowest BCUT2D eigenvalue weighted by molar-refractivity contribution is -0.148. The highest BCUT2D eigenvalue weighted by Crippen LogP contribution is 2.34. The third-order valence-corrected chi connectivity index (χ3v) is 7.30. The van der Waals surface area contributed by atoms with Gasteiger partial charge in [0, 0.05) is 30.5 Å². The molecule has 0 aliphatic rings. The third-order valence-electron chi connectivity index (χ3n) is 6.37. The number of aromatic nitrogens is 1. The molecule has 3 atom stereocenters. The van der Waals surface area contributed by atoms with Crippen LogP contribution < -0.4 is 5.32 Å². The average molecular weight is 520 g/mol. The van der Waals surface area contributed by atoms with Gasteiger partial charge in [0.15, 0.2) is 6.10 Å². The van der Waals surface area contributed by atoms with Crippen LogP contribution in [0.5, 0.6) is 5.75 Å². The fourth-order valence-corrected chi connectivity index (χ4v) is 5.25. The van der Waals surface area contributed by atoms with Crippen LogP contribution in [0.15, 0.2) is 29.6 Å². The zero-order valence-electron chi connectivity index (χ0n) is 21.9. The molecule has 2 rings (SSSR count). The van der Waals surface area contributed by atoms with Crippen LogP contribution in [0.2, 0.25) is 0 Å². The van der Waals surface area contributed by atoms with Crippen LogP contribution in [0.4, 0.5) is 0 Å². The number of carboxylic acids is 1. The summed E-state index contributed by atoms with van der Waals surface area (Å²) in [7, 11) is 0. The maximum absolute atomic E-state index is 13.1. The predicted octanol–water partition coefficient (Wildman–Crippen LogP) is 4.96. The molecule has 4 N–H and O–H groups in total. The molecule has 0 radical (unpaired) electrons. The van der Waals surface area contributed by atoms with Crippen LogP contribution >= 0.6 is 11.3 Å². The van der Waals surface area contributed by atoms with Crippen LogP contribution in [0, 0.1) is 23.7 Å². The number of carbonyl (C=O) groups excluding carboxylic acids is 2. The lowest BCUT2D eigenvalue weighted by Gasteiger charge is -2.28. The van der Waals surface area contributed by atoms with E-state index in [0.29, 0.717) is 41.4 Å². The lowest BCUT2D eigenvalue weighted by Crippen LogP contribution is -2.38. The molecule has 8 nitrogen and oxygen atoms in total. The van der Waals surface area contributed by atoms with Gasteiger partial charge in [-0.25, -0.2) is 4.98 Å². The maximum atomic E-state index is 13.1. The standard InChI is InChI=1S/C27H38N2O6S/c1-15(2)22(16(3)4)13-24(35-18(6)30)26-29-23(14-36-26)25(32)28-20(11-17(5)27(33)34)12-19-7-9-21(31)10-8-19/h7-10,14-17,20,22,24,31H,11-13H2,1-6H3,(H,28,32)(H,33,34)/p+1. The molecule has 0 saturated carbocycles. The Labute approximate surface area is 217 Å². The Morgan fingerprint density at radius 3 is 2.19 bits per heavy atom. The fourth-order valence-electron chi connectivity index (χ4n) is 4.41. The van der Waals surface area contributed by atoms with Gasteiger partial charge in [-0.2, -0.15) is 0 Å². The van der Waals surface area contributed by atoms with Gasteiger partial charge in [-0.15, -0.1) is 11.3 Å². The van der Waals surface area contributed by atoms with Gasteiger partial charge >= 0.3 is 11.9 Å². The van der Waals surface area contributed by atoms with E-state index in [0.717, 1.165) is 5.56 Å². The second kappa shape index (κ2) is 13.4. The number of nitrogens with zero attached hydrogens (tertiary/aromatic N) is 1. The molecule has 3 unspecified atom stereocenters. The second-order valence-electron chi connectivity index (χ2n) is 10.1. The van der Waals surface area contributed by atoms with Gasteiger partial charge in [-0.3, -0.25) is 14.4 Å². The van der Waals surface area contributed by atoms with E-state index < -0.39 is 35.9 Å². The van der Waals surface area contributed by atoms with Crippen molar-refractivity contribution < 1.29 is 29.3 Å². The van der Waals surface area contributed by atoms with Crippen molar-refractivity contribution >= 4 is 29.2 Å². The van der Waals surface area contributed by atoms with Crippen molar-refractivity contribution in [1.29, 1.82) is 0 Å². The summed E-state index contributed by atoms with van der Waals surface area (Å²) in [5.41, 5.74) is 1.11. The highest BCUT2D eigenvalue weighted by Gasteiger charge is 2.29. The SMILES string of the molecule is CC(=O)OC(CC(C(C)C)C(C)C)c1nc(C(=O)NC(Cc2ccc([OH2+])cc2)CC(C)C(=O)O)cs1. The number of carboxylic acid groups (broad SMARTS) is 1. The molecule has 198 valence electrons. The molecule has 1 amide bonds. The third kappa shape index (κ3) is 8.93. The monoisotopic (exact) mass is 519 g/mol. The van der Waals surface area contributed by atoms with E-state index in [1.165, 1.54) is 18.3 Å². The van der Waals surface area contributed by atoms with Gasteiger partial charge < -0.3 is 20.3 Å². The molecule has 1 aromatic heterocycles. The molecule has 0 bridgehead atoms. The molecule has 0 aliphatic heterocycles. The number of thiazole rings is 1. The number of carbonyl (C=O) groups is 3. The van der Waals surface area contributed by atoms with Crippen molar-refractivity contribution in [3.05, 3.63) is 45.9 Å². The molecule has 9 heteroatoms. The number of hydrogen-bond acceptors (Lipinski definition) is 6. The number of esters is 1. The van der Waals surface area contributed by atoms with Gasteiger partial charge in [0.2, 0.25) is 0 Å². The second-order valence-corrected chi connectivity index (χ2v) is 11.0. The van der Waals surface area contributed by atoms with E-state index in [9.17, 15) is 19.5 Å². The number of hydrogen-bond donors (Lipinski definition) is 2. The van der Waals surface area contributed by atoms with Crippen LogP contribution in [-0.2, 0) is 20.7 Å². The average Bonchev–Trinajstić information content (AvgIpc) is 3.27. The minimum absolute atomic E-state index is 0.215. The van der Waals surface area contributed by atoms with Crippen LogP contribution in [0.3, 0.4) is 0 Å². The summed E-state index contributed by atoms with van der Waals surface area (Å²) in [6.45, 7) is 11.6. The molecule has 1 heterocycles. The summed E-state index contributed by atoms with van der Waals surface area (Å²) in [5.74, 6) is -0.883. The summed E-state index contributed by atoms with van der Waals surface area (Å²) >= 11 is 1.28. The number of amides is 1. The first kappa shape index (κ1) is 29.3. The lowest BCUT2D eigenvalue weighted by atomic mass is 9.81. The van der Waals surface area contributed by atoms with E-state index in [2.05, 4.69) is 38.0 Å². The van der Waals surface area contributed by atoms with Crippen LogP contribution in [0.1, 0.15) is 81.5 Å². The smallest absolute Gasteiger partial charge is 0.306 e. The first-order chi connectivity index (χ1) is 16.9. The normalized spacial score (nSPS) is 14.0. The molecule has 0 spiro atoms. The van der Waals surface area contributed by atoms with Crippen LogP contribution in [0.25, 0.3) is 0 Å². The number of nitrogens with one attached hydrogen (secondary N) is 1. The minimum Gasteiger partial charge on any atom is -0.593 e. The number of rotatable bonds is 13. The quantitative estimate of drug-likeness (QED) is 0.284. The maximum Gasteiger partial charge on any atom is 0.306 e. The molecule has 0 fully saturated rings. The van der Waals surface area contributed by atoms with Gasteiger partial charge in [0.1, 0.15) is 10.7 Å². The van der Waals surface area contributed by atoms with Gasteiger partial charge in [0.25, 0.3) is 11.7 Å². The molecular formula is C27H39N2O6S+. The van der Waals surface area contributed by atoms with E-state index in [1.807, 2.05) is 0 Å².